The number of hydrogen-bond donors (Lipinski definition) is 2. The Hall–Kier alpha value is -1.34. The van der Waals surface area contributed by atoms with Crippen LogP contribution in [0.4, 0.5) is 0 Å². The van der Waals surface area contributed by atoms with Crippen molar-refractivity contribution in [1.82, 2.24) is 4.90 Å². The third-order valence-corrected chi connectivity index (χ3v) is 9.46. The van der Waals surface area contributed by atoms with Gasteiger partial charge in [-0.3, -0.25) is 14.4 Å². The summed E-state index contributed by atoms with van der Waals surface area (Å²) in [6, 6.07) is 0. The molecule has 0 aromatic rings. The second kappa shape index (κ2) is 8.30. The molecule has 7 heteroatoms. The number of carbonyl (C=O) groups is 3. The predicted octanol–water partition coefficient (Wildman–Crippen LogP) is 2.95. The Balaban J connectivity index is 1.69. The zero-order chi connectivity index (χ0) is 21.6. The van der Waals surface area contributed by atoms with Gasteiger partial charge in [0.1, 0.15) is 11.8 Å². The van der Waals surface area contributed by atoms with E-state index in [4.69, 9.17) is 0 Å². The number of nitrogens with zero attached hydrogens (tertiary/aromatic N) is 1. The minimum atomic E-state index is -1.78. The van der Waals surface area contributed by atoms with Crippen LogP contribution in [0.2, 0.25) is 0 Å². The maximum Gasteiger partial charge on any atom is 0.311 e. The van der Waals surface area contributed by atoms with Crippen molar-refractivity contribution in [3.63, 3.8) is 0 Å². The van der Waals surface area contributed by atoms with Crippen LogP contribution in [0.15, 0.2) is 12.2 Å². The number of aliphatic hydroxyl groups is 1. The lowest BCUT2D eigenvalue weighted by Gasteiger charge is -2.42. The Labute approximate surface area is 182 Å². The molecular weight excluding hydrogens is 402 g/mol. The second-order valence-corrected chi connectivity index (χ2v) is 10.8. The highest BCUT2D eigenvalue weighted by Crippen LogP contribution is 2.52. The monoisotopic (exact) mass is 435 g/mol. The van der Waals surface area contributed by atoms with Crippen LogP contribution in [0.1, 0.15) is 52.4 Å². The molecule has 4 aliphatic rings. The van der Waals surface area contributed by atoms with Gasteiger partial charge in [0, 0.05) is 12.5 Å². The number of aliphatic carboxylic acids is 1. The molecule has 0 bridgehead atoms. The average molecular weight is 436 g/mol. The number of carbonyl (C=O) groups excluding carboxylic acids is 2. The Morgan fingerprint density at radius 2 is 1.97 bits per heavy atom. The largest absolute Gasteiger partial charge is 0.481 e. The summed E-state index contributed by atoms with van der Waals surface area (Å²) in [6.07, 6.45) is 9.80. The van der Waals surface area contributed by atoms with Gasteiger partial charge in [-0.15, -0.1) is 0 Å². The van der Waals surface area contributed by atoms with Crippen molar-refractivity contribution >= 4 is 29.4 Å². The lowest BCUT2D eigenvalue weighted by atomic mass is 9.62. The van der Waals surface area contributed by atoms with Crippen molar-refractivity contribution in [2.45, 2.75) is 63.3 Å². The lowest BCUT2D eigenvalue weighted by molar-refractivity contribution is -0.160. The van der Waals surface area contributed by atoms with Crippen LogP contribution in [0, 0.1) is 35.5 Å². The number of carboxylic acid groups (broad SMARTS) is 1. The average Bonchev–Trinajstić information content (AvgIpc) is 3.17. The predicted molar refractivity (Wildman–Crippen MR) is 115 cm³/mol. The van der Waals surface area contributed by atoms with Crippen LogP contribution in [0.25, 0.3) is 0 Å². The summed E-state index contributed by atoms with van der Waals surface area (Å²) in [5.74, 6) is -2.39. The summed E-state index contributed by atoms with van der Waals surface area (Å²) >= 11 is 1.40. The van der Waals surface area contributed by atoms with Crippen molar-refractivity contribution in [2.75, 3.05) is 12.3 Å². The summed E-state index contributed by atoms with van der Waals surface area (Å²) < 4.78 is 0. The van der Waals surface area contributed by atoms with Crippen LogP contribution < -0.4 is 0 Å². The van der Waals surface area contributed by atoms with E-state index in [9.17, 15) is 24.6 Å². The molecule has 6 nitrogen and oxygen atoms in total. The molecule has 2 aliphatic heterocycles. The molecule has 2 aliphatic carbocycles. The molecule has 30 heavy (non-hydrogen) atoms. The molecule has 0 aromatic heterocycles. The van der Waals surface area contributed by atoms with E-state index in [1.54, 1.807) is 0 Å². The molecule has 3 fully saturated rings. The summed E-state index contributed by atoms with van der Waals surface area (Å²) in [6.45, 7) is 4.26. The van der Waals surface area contributed by atoms with Crippen molar-refractivity contribution in [3.8, 4) is 0 Å². The molecular formula is C23H33NO5S. The standard InChI is InChI=1S/C23H33NO5S/c1-3-12-30-20-18(21(26)24-11-10-16(22(27)28)23(20,24)29)19(25)17-13(2)8-9-14-6-4-5-7-15(14)17/h8-9,13-18,20,29H,3-7,10-12H2,1-2H3,(H,27,28)/t13-,14+,15-,16-,17?,18-,20+,23+/m0/s1. The smallest absolute Gasteiger partial charge is 0.311 e. The van der Waals surface area contributed by atoms with Crippen molar-refractivity contribution in [3.05, 3.63) is 12.2 Å². The molecule has 1 saturated carbocycles. The number of rotatable bonds is 6. The van der Waals surface area contributed by atoms with E-state index in [1.165, 1.54) is 23.1 Å². The van der Waals surface area contributed by atoms with Crippen LogP contribution in [-0.4, -0.2) is 56.0 Å². The minimum absolute atomic E-state index is 0.0572. The number of ketones is 1. The molecule has 2 heterocycles. The zero-order valence-corrected chi connectivity index (χ0v) is 18.6. The second-order valence-electron chi connectivity index (χ2n) is 9.51. The highest BCUT2D eigenvalue weighted by Gasteiger charge is 2.68. The molecule has 0 spiro atoms. The van der Waals surface area contributed by atoms with E-state index in [1.807, 2.05) is 13.8 Å². The fourth-order valence-electron chi connectivity index (χ4n) is 6.44. The summed E-state index contributed by atoms with van der Waals surface area (Å²) in [5.41, 5.74) is -1.78. The Morgan fingerprint density at radius 3 is 2.67 bits per heavy atom. The first-order valence-electron chi connectivity index (χ1n) is 11.4. The molecule has 8 atom stereocenters. The molecule has 166 valence electrons. The van der Waals surface area contributed by atoms with E-state index >= 15 is 0 Å². The van der Waals surface area contributed by atoms with Crippen molar-refractivity contribution < 1.29 is 24.6 Å². The number of allylic oxidation sites excluding steroid dienone is 2. The van der Waals surface area contributed by atoms with Crippen LogP contribution >= 0.6 is 11.8 Å². The summed E-state index contributed by atoms with van der Waals surface area (Å²) in [4.78, 5) is 40.6. The van der Waals surface area contributed by atoms with Crippen LogP contribution in [-0.2, 0) is 14.4 Å². The maximum atomic E-state index is 13.9. The molecule has 2 saturated heterocycles. The summed E-state index contributed by atoms with van der Waals surface area (Å²) in [5, 5.41) is 20.6. The van der Waals surface area contributed by atoms with E-state index in [0.29, 0.717) is 11.7 Å². The first-order valence-corrected chi connectivity index (χ1v) is 12.5. The molecule has 4 rings (SSSR count). The van der Waals surface area contributed by atoms with E-state index in [2.05, 4.69) is 12.2 Å². The fourth-order valence-corrected chi connectivity index (χ4v) is 7.91. The number of carboxylic acids is 1. The van der Waals surface area contributed by atoms with Crippen molar-refractivity contribution in [1.29, 1.82) is 0 Å². The molecule has 2 N–H and O–H groups in total. The maximum absolute atomic E-state index is 13.9. The topological polar surface area (TPSA) is 94.9 Å². The lowest BCUT2D eigenvalue weighted by Crippen LogP contribution is -2.53. The Morgan fingerprint density at radius 1 is 1.23 bits per heavy atom. The van der Waals surface area contributed by atoms with Crippen molar-refractivity contribution in [2.24, 2.45) is 35.5 Å². The van der Waals surface area contributed by atoms with E-state index in [0.717, 1.165) is 25.7 Å². The fraction of sp³-hybridized carbons (Fsp3) is 0.783. The zero-order valence-electron chi connectivity index (χ0n) is 17.8. The number of Topliss-reactive ketones (excluding diaryl/α,β-unsaturated/α-hetero) is 1. The van der Waals surface area contributed by atoms with E-state index < -0.39 is 28.8 Å². The van der Waals surface area contributed by atoms with Gasteiger partial charge in [-0.2, -0.15) is 11.8 Å². The van der Waals surface area contributed by atoms with Crippen LogP contribution in [0.5, 0.6) is 0 Å². The van der Waals surface area contributed by atoms with Gasteiger partial charge in [-0.25, -0.2) is 0 Å². The van der Waals surface area contributed by atoms with Gasteiger partial charge < -0.3 is 15.1 Å². The third-order valence-electron chi connectivity index (χ3n) is 7.84. The Kier molecular flexibility index (Phi) is 6.05. The third kappa shape index (κ3) is 3.24. The van der Waals surface area contributed by atoms with Gasteiger partial charge in [-0.1, -0.05) is 38.8 Å². The van der Waals surface area contributed by atoms with Gasteiger partial charge in [0.2, 0.25) is 5.91 Å². The first-order chi connectivity index (χ1) is 14.3. The first kappa shape index (κ1) is 21.9. The Bertz CT molecular complexity index is 754. The highest BCUT2D eigenvalue weighted by molar-refractivity contribution is 8.00. The molecule has 1 unspecified atom stereocenters. The number of fused-ring (bicyclic) bond motifs is 2. The summed E-state index contributed by atoms with van der Waals surface area (Å²) in [7, 11) is 0. The van der Waals surface area contributed by atoms with Gasteiger partial charge in [0.05, 0.1) is 5.25 Å². The minimum Gasteiger partial charge on any atom is -0.481 e. The highest BCUT2D eigenvalue weighted by atomic mass is 32.2. The van der Waals surface area contributed by atoms with Gasteiger partial charge in [0.25, 0.3) is 0 Å². The van der Waals surface area contributed by atoms with Crippen LogP contribution in [0.3, 0.4) is 0 Å². The van der Waals surface area contributed by atoms with Gasteiger partial charge >= 0.3 is 5.97 Å². The number of amides is 1. The normalized spacial score (nSPS) is 42.8. The molecule has 0 aromatic carbocycles. The number of hydrogen-bond acceptors (Lipinski definition) is 5. The van der Waals surface area contributed by atoms with Gasteiger partial charge in [0.15, 0.2) is 11.5 Å². The molecule has 0 radical (unpaired) electrons. The van der Waals surface area contributed by atoms with Gasteiger partial charge in [-0.05, 0) is 49.2 Å². The molecule has 1 amide bonds. The van der Waals surface area contributed by atoms with E-state index in [-0.39, 0.29) is 42.4 Å². The number of thioether (sulfide) groups is 1. The SMILES string of the molecule is CCCS[C@@H]1[C@H](C(=O)C2[C@H]3CCCC[C@@H]3C=C[C@@H]2C)C(=O)N2CC[C@@H](C(=O)O)[C@@]12O. The quantitative estimate of drug-likeness (QED) is 0.492.